The van der Waals surface area contributed by atoms with Crippen molar-refractivity contribution in [1.29, 1.82) is 0 Å². The van der Waals surface area contributed by atoms with E-state index in [4.69, 9.17) is 4.42 Å². The van der Waals surface area contributed by atoms with Crippen molar-refractivity contribution in [2.75, 3.05) is 13.1 Å². The molecule has 0 amide bonds. The Labute approximate surface area is 219 Å². The van der Waals surface area contributed by atoms with E-state index in [1.807, 2.05) is 30.5 Å². The zero-order chi connectivity index (χ0) is 26.1. The Hall–Kier alpha value is -3.26. The van der Waals surface area contributed by atoms with Crippen molar-refractivity contribution < 1.29 is 13.2 Å². The second kappa shape index (κ2) is 8.63. The van der Waals surface area contributed by atoms with E-state index in [2.05, 4.69) is 27.9 Å². The number of likely N-dealkylation sites (tertiary alicyclic amines) is 1. The molecule has 8 heteroatoms. The van der Waals surface area contributed by atoms with Gasteiger partial charge in [-0.15, -0.1) is 0 Å². The summed E-state index contributed by atoms with van der Waals surface area (Å²) in [5, 5.41) is 1.01. The van der Waals surface area contributed by atoms with Crippen LogP contribution in [0.2, 0.25) is 0 Å². The molecule has 7 rings (SSSR count). The average molecular weight is 519 g/mol. The standard InChI is InChI=1S/C30H32F2N4O2/c1-19-4-3-10-35(14-19)15-22-13-24-25(20-7-8-20)16-36(27(37)26(24)34-22)23-6-2-5-21(12-23)29(17-30(31,32)18-29)28-33-9-11-38-28/h2,5-6,9,11-13,16,19-20,34H,3-4,7-8,10,14-15,17-18H2,1H3/t19-/m0/s1. The monoisotopic (exact) mass is 518 g/mol. The number of piperidine rings is 1. The first kappa shape index (κ1) is 23.8. The van der Waals surface area contributed by atoms with Crippen LogP contribution in [0.4, 0.5) is 8.78 Å². The van der Waals surface area contributed by atoms with Gasteiger partial charge in [0.1, 0.15) is 11.8 Å². The molecule has 38 heavy (non-hydrogen) atoms. The second-order valence-electron chi connectivity index (χ2n) is 11.8. The Kier molecular flexibility index (Phi) is 5.41. The summed E-state index contributed by atoms with van der Waals surface area (Å²) in [5.74, 6) is -1.35. The number of benzene rings is 1. The summed E-state index contributed by atoms with van der Waals surface area (Å²) in [6.45, 7) is 5.27. The number of pyridine rings is 1. The lowest BCUT2D eigenvalue weighted by Crippen LogP contribution is -2.50. The molecule has 198 valence electrons. The van der Waals surface area contributed by atoms with Crippen LogP contribution in [-0.2, 0) is 12.0 Å². The molecule has 1 aliphatic heterocycles. The summed E-state index contributed by atoms with van der Waals surface area (Å²) < 4.78 is 35.6. The molecule has 3 fully saturated rings. The molecular formula is C30H32F2N4O2. The zero-order valence-corrected chi connectivity index (χ0v) is 21.6. The maximum atomic E-state index is 14.2. The fourth-order valence-electron chi connectivity index (χ4n) is 6.69. The van der Waals surface area contributed by atoms with Crippen LogP contribution in [0, 0.1) is 5.92 Å². The molecule has 1 saturated heterocycles. The highest BCUT2D eigenvalue weighted by Gasteiger charge is 2.60. The van der Waals surface area contributed by atoms with E-state index in [0.717, 1.165) is 43.6 Å². The Morgan fingerprint density at radius 3 is 2.74 bits per heavy atom. The van der Waals surface area contributed by atoms with E-state index in [-0.39, 0.29) is 18.4 Å². The summed E-state index contributed by atoms with van der Waals surface area (Å²) in [7, 11) is 0. The molecule has 1 aromatic carbocycles. The highest BCUT2D eigenvalue weighted by atomic mass is 19.3. The summed E-state index contributed by atoms with van der Waals surface area (Å²) in [4.78, 5) is 24.0. The van der Waals surface area contributed by atoms with E-state index in [0.29, 0.717) is 34.5 Å². The molecule has 0 spiro atoms. The van der Waals surface area contributed by atoms with Gasteiger partial charge in [0.15, 0.2) is 0 Å². The van der Waals surface area contributed by atoms with Gasteiger partial charge in [0, 0.05) is 48.9 Å². The number of oxazole rings is 1. The number of rotatable bonds is 6. The van der Waals surface area contributed by atoms with Crippen LogP contribution >= 0.6 is 0 Å². The van der Waals surface area contributed by atoms with Gasteiger partial charge >= 0.3 is 0 Å². The molecule has 0 bridgehead atoms. The number of aromatic amines is 1. The molecule has 1 atom stereocenters. The normalized spacial score (nSPS) is 23.0. The average Bonchev–Trinajstić information content (AvgIpc) is 3.39. The first-order chi connectivity index (χ1) is 18.3. The van der Waals surface area contributed by atoms with Crippen LogP contribution in [0.1, 0.15) is 74.1 Å². The summed E-state index contributed by atoms with van der Waals surface area (Å²) in [5.41, 5.74) is 3.10. The van der Waals surface area contributed by atoms with Crippen molar-refractivity contribution in [3.05, 3.63) is 82.1 Å². The highest BCUT2D eigenvalue weighted by molar-refractivity contribution is 5.84. The van der Waals surface area contributed by atoms with Gasteiger partial charge in [-0.1, -0.05) is 19.1 Å². The van der Waals surface area contributed by atoms with E-state index in [9.17, 15) is 13.6 Å². The van der Waals surface area contributed by atoms with Crippen molar-refractivity contribution in [1.82, 2.24) is 19.4 Å². The maximum absolute atomic E-state index is 14.2. The van der Waals surface area contributed by atoms with E-state index < -0.39 is 11.3 Å². The Balaban J connectivity index is 1.30. The van der Waals surface area contributed by atoms with E-state index >= 15 is 0 Å². The number of halogens is 2. The van der Waals surface area contributed by atoms with Crippen LogP contribution < -0.4 is 5.56 Å². The van der Waals surface area contributed by atoms with Gasteiger partial charge in [0.2, 0.25) is 5.89 Å². The van der Waals surface area contributed by atoms with Crippen molar-refractivity contribution in [2.45, 2.75) is 69.2 Å². The van der Waals surface area contributed by atoms with Crippen LogP contribution in [-0.4, -0.2) is 38.4 Å². The van der Waals surface area contributed by atoms with Gasteiger partial charge in [-0.25, -0.2) is 13.8 Å². The van der Waals surface area contributed by atoms with Gasteiger partial charge in [-0.3, -0.25) is 14.3 Å². The minimum absolute atomic E-state index is 0.121. The predicted octanol–water partition coefficient (Wildman–Crippen LogP) is 6.13. The second-order valence-corrected chi connectivity index (χ2v) is 11.8. The third kappa shape index (κ3) is 4.01. The molecule has 4 heterocycles. The number of hydrogen-bond donors (Lipinski definition) is 1. The first-order valence-electron chi connectivity index (χ1n) is 13.7. The number of alkyl halides is 2. The highest BCUT2D eigenvalue weighted by Crippen LogP contribution is 2.56. The lowest BCUT2D eigenvalue weighted by atomic mass is 9.62. The SMILES string of the molecule is C[C@H]1CCCN(Cc2cc3c(C4CC4)cn(-c4cccc(C5(c6ncco6)CC(F)(F)C5)c4)c(=O)c3[nH]2)C1. The molecule has 2 aliphatic carbocycles. The Morgan fingerprint density at radius 2 is 2.03 bits per heavy atom. The third-order valence-corrected chi connectivity index (χ3v) is 8.68. The van der Waals surface area contributed by atoms with E-state index in [1.165, 1.54) is 30.9 Å². The molecule has 3 aliphatic rings. The van der Waals surface area contributed by atoms with Gasteiger partial charge in [-0.05, 0) is 73.4 Å². The van der Waals surface area contributed by atoms with Gasteiger partial charge in [0.25, 0.3) is 11.5 Å². The molecule has 1 N–H and O–H groups in total. The molecule has 2 saturated carbocycles. The van der Waals surface area contributed by atoms with Gasteiger partial charge in [-0.2, -0.15) is 0 Å². The fraction of sp³-hybridized carbons (Fsp3) is 0.467. The smallest absolute Gasteiger partial charge is 0.279 e. The number of hydrogen-bond acceptors (Lipinski definition) is 4. The number of nitrogens with one attached hydrogen (secondary N) is 1. The first-order valence-corrected chi connectivity index (χ1v) is 13.7. The molecule has 4 aromatic rings. The molecule has 0 unspecified atom stereocenters. The summed E-state index contributed by atoms with van der Waals surface area (Å²) in [6, 6.07) is 9.55. The number of nitrogens with zero attached hydrogens (tertiary/aromatic N) is 3. The van der Waals surface area contributed by atoms with Gasteiger partial charge < -0.3 is 9.40 Å². The van der Waals surface area contributed by atoms with Crippen LogP contribution in [0.3, 0.4) is 0 Å². The lowest BCUT2D eigenvalue weighted by molar-refractivity contribution is -0.120. The fourth-order valence-corrected chi connectivity index (χ4v) is 6.69. The van der Waals surface area contributed by atoms with Crippen LogP contribution in [0.5, 0.6) is 0 Å². The molecular weight excluding hydrogens is 486 g/mol. The summed E-state index contributed by atoms with van der Waals surface area (Å²) >= 11 is 0. The van der Waals surface area contributed by atoms with E-state index in [1.54, 1.807) is 4.57 Å². The quantitative estimate of drug-likeness (QED) is 0.333. The minimum Gasteiger partial charge on any atom is -0.448 e. The topological polar surface area (TPSA) is 67.1 Å². The molecule has 3 aromatic heterocycles. The number of aromatic nitrogens is 3. The Bertz CT molecular complexity index is 1540. The molecule has 0 radical (unpaired) electrons. The minimum atomic E-state index is -2.77. The zero-order valence-electron chi connectivity index (χ0n) is 21.6. The van der Waals surface area contributed by atoms with Crippen LogP contribution in [0.25, 0.3) is 16.6 Å². The van der Waals surface area contributed by atoms with Crippen molar-refractivity contribution in [3.8, 4) is 5.69 Å². The number of H-pyrrole nitrogens is 1. The van der Waals surface area contributed by atoms with Crippen LogP contribution in [0.15, 0.2) is 58.2 Å². The maximum Gasteiger partial charge on any atom is 0.279 e. The number of fused-ring (bicyclic) bond motifs is 1. The third-order valence-electron chi connectivity index (χ3n) is 8.68. The van der Waals surface area contributed by atoms with Gasteiger partial charge in [0.05, 0.1) is 11.6 Å². The largest absolute Gasteiger partial charge is 0.448 e. The lowest BCUT2D eigenvalue weighted by Gasteiger charge is -2.45. The summed E-state index contributed by atoms with van der Waals surface area (Å²) in [6.07, 6.45) is 8.86. The predicted molar refractivity (Wildman–Crippen MR) is 141 cm³/mol. The Morgan fingerprint density at radius 1 is 1.18 bits per heavy atom. The van der Waals surface area contributed by atoms with Crippen molar-refractivity contribution >= 4 is 10.9 Å². The van der Waals surface area contributed by atoms with Crippen molar-refractivity contribution in [3.63, 3.8) is 0 Å². The van der Waals surface area contributed by atoms with Crippen molar-refractivity contribution in [2.24, 2.45) is 5.92 Å². The molecule has 6 nitrogen and oxygen atoms in total.